The predicted octanol–water partition coefficient (Wildman–Crippen LogP) is -0.472. The minimum absolute atomic E-state index is 0.0183. The first-order valence-electron chi connectivity index (χ1n) is 7.75. The molecule has 1 unspecified atom stereocenters. The van der Waals surface area contributed by atoms with E-state index in [2.05, 4.69) is 15.3 Å². The fourth-order valence-electron chi connectivity index (χ4n) is 2.42. The Morgan fingerprint density at radius 1 is 1.57 bits per heavy atom. The van der Waals surface area contributed by atoms with Crippen molar-refractivity contribution in [2.75, 3.05) is 44.9 Å². The number of carbonyl (C=O) groups excluding carboxylic acids is 1. The number of ether oxygens (including phenoxy) is 2. The predicted molar refractivity (Wildman–Crippen MR) is 85.6 cm³/mol. The van der Waals surface area contributed by atoms with Gasteiger partial charge in [0.05, 0.1) is 31.2 Å². The lowest BCUT2D eigenvalue weighted by Gasteiger charge is -2.34. The summed E-state index contributed by atoms with van der Waals surface area (Å²) < 4.78 is 11.9. The van der Waals surface area contributed by atoms with Crippen molar-refractivity contribution in [1.82, 2.24) is 15.1 Å². The molecule has 1 atom stereocenters. The highest BCUT2D eigenvalue weighted by Gasteiger charge is 2.21. The first kappa shape index (κ1) is 17.4. The van der Waals surface area contributed by atoms with Crippen LogP contribution in [0, 0.1) is 0 Å². The second-order valence-corrected chi connectivity index (χ2v) is 5.50. The van der Waals surface area contributed by atoms with Crippen molar-refractivity contribution in [3.8, 4) is 0 Å². The monoisotopic (exact) mass is 324 g/mol. The lowest BCUT2D eigenvalue weighted by Crippen LogP contribution is -2.44. The standard InChI is InChI=1S/C15H24N4O4/c1-18-15(21)9-12(10-17-18)19-6-8-23-13(11-19)3-5-16-14(20)4-7-22-2/h9-10,13H,3-8,11H2,1-2H3,(H,16,20). The van der Waals surface area contributed by atoms with Crippen molar-refractivity contribution in [3.63, 3.8) is 0 Å². The number of anilines is 1. The van der Waals surface area contributed by atoms with E-state index in [4.69, 9.17) is 9.47 Å². The average molecular weight is 324 g/mol. The third-order valence-corrected chi connectivity index (χ3v) is 3.78. The van der Waals surface area contributed by atoms with Crippen LogP contribution in [-0.2, 0) is 21.3 Å². The molecule has 0 aliphatic carbocycles. The Kier molecular flexibility index (Phi) is 6.54. The van der Waals surface area contributed by atoms with E-state index in [0.717, 1.165) is 18.7 Å². The second-order valence-electron chi connectivity index (χ2n) is 5.50. The van der Waals surface area contributed by atoms with E-state index in [1.165, 1.54) is 4.68 Å². The number of carbonyl (C=O) groups is 1. The SMILES string of the molecule is COCCC(=O)NCCC1CN(c2cnn(C)c(=O)c2)CCO1. The summed E-state index contributed by atoms with van der Waals surface area (Å²) in [7, 11) is 3.20. The van der Waals surface area contributed by atoms with Gasteiger partial charge in [0, 0.05) is 46.3 Å². The molecule has 1 aromatic rings. The summed E-state index contributed by atoms with van der Waals surface area (Å²) in [6.45, 7) is 3.00. The van der Waals surface area contributed by atoms with E-state index in [9.17, 15) is 9.59 Å². The Bertz CT molecular complexity index is 575. The molecule has 0 saturated carbocycles. The van der Waals surface area contributed by atoms with Crippen molar-refractivity contribution in [1.29, 1.82) is 0 Å². The average Bonchev–Trinajstić information content (AvgIpc) is 2.56. The lowest BCUT2D eigenvalue weighted by molar-refractivity contribution is -0.122. The molecule has 0 spiro atoms. The Labute approximate surface area is 135 Å². The van der Waals surface area contributed by atoms with Gasteiger partial charge in [-0.05, 0) is 6.42 Å². The zero-order chi connectivity index (χ0) is 16.7. The van der Waals surface area contributed by atoms with Crippen LogP contribution in [-0.4, -0.2) is 61.7 Å². The summed E-state index contributed by atoms with van der Waals surface area (Å²) >= 11 is 0. The van der Waals surface area contributed by atoms with E-state index >= 15 is 0 Å². The largest absolute Gasteiger partial charge is 0.384 e. The van der Waals surface area contributed by atoms with E-state index < -0.39 is 0 Å². The third-order valence-electron chi connectivity index (χ3n) is 3.78. The lowest BCUT2D eigenvalue weighted by atomic mass is 10.2. The Morgan fingerprint density at radius 2 is 2.39 bits per heavy atom. The smallest absolute Gasteiger partial charge is 0.268 e. The van der Waals surface area contributed by atoms with Crippen LogP contribution in [0.3, 0.4) is 0 Å². The van der Waals surface area contributed by atoms with Crippen molar-refractivity contribution < 1.29 is 14.3 Å². The molecule has 0 bridgehead atoms. The highest BCUT2D eigenvalue weighted by Crippen LogP contribution is 2.16. The summed E-state index contributed by atoms with van der Waals surface area (Å²) in [5.74, 6) is -0.0183. The van der Waals surface area contributed by atoms with Gasteiger partial charge in [0.25, 0.3) is 5.56 Å². The first-order valence-corrected chi connectivity index (χ1v) is 7.75. The van der Waals surface area contributed by atoms with Gasteiger partial charge in [0.1, 0.15) is 0 Å². The van der Waals surface area contributed by atoms with Crippen LogP contribution < -0.4 is 15.8 Å². The van der Waals surface area contributed by atoms with E-state index in [-0.39, 0.29) is 17.6 Å². The summed E-state index contributed by atoms with van der Waals surface area (Å²) in [5, 5.41) is 6.90. The summed E-state index contributed by atoms with van der Waals surface area (Å²) in [6, 6.07) is 1.59. The van der Waals surface area contributed by atoms with Crippen molar-refractivity contribution in [2.45, 2.75) is 18.9 Å². The molecule has 128 valence electrons. The van der Waals surface area contributed by atoms with Crippen LogP contribution in [0.15, 0.2) is 17.1 Å². The summed E-state index contributed by atoms with van der Waals surface area (Å²) in [4.78, 5) is 25.3. The quantitative estimate of drug-likeness (QED) is 0.730. The van der Waals surface area contributed by atoms with Gasteiger partial charge in [-0.1, -0.05) is 0 Å². The zero-order valence-electron chi connectivity index (χ0n) is 13.7. The number of aromatic nitrogens is 2. The van der Waals surface area contributed by atoms with Gasteiger partial charge in [-0.3, -0.25) is 9.59 Å². The molecule has 1 saturated heterocycles. The van der Waals surface area contributed by atoms with Crippen LogP contribution in [0.2, 0.25) is 0 Å². The number of rotatable bonds is 7. The van der Waals surface area contributed by atoms with E-state index in [1.54, 1.807) is 26.4 Å². The molecule has 1 aromatic heterocycles. The molecule has 23 heavy (non-hydrogen) atoms. The van der Waals surface area contributed by atoms with Gasteiger partial charge in [-0.2, -0.15) is 5.10 Å². The number of hydrogen-bond acceptors (Lipinski definition) is 6. The fraction of sp³-hybridized carbons (Fsp3) is 0.667. The zero-order valence-corrected chi connectivity index (χ0v) is 13.7. The van der Waals surface area contributed by atoms with Gasteiger partial charge >= 0.3 is 0 Å². The summed E-state index contributed by atoms with van der Waals surface area (Å²) in [5.41, 5.74) is 0.682. The Hall–Kier alpha value is -1.93. The number of hydrogen-bond donors (Lipinski definition) is 1. The van der Waals surface area contributed by atoms with Crippen LogP contribution in [0.4, 0.5) is 5.69 Å². The maximum Gasteiger partial charge on any atom is 0.268 e. The van der Waals surface area contributed by atoms with Crippen molar-refractivity contribution >= 4 is 11.6 Å². The molecule has 0 radical (unpaired) electrons. The molecule has 2 rings (SSSR count). The number of morpholine rings is 1. The normalized spacial score (nSPS) is 18.0. The Balaban J connectivity index is 1.80. The first-order chi connectivity index (χ1) is 11.1. The number of amides is 1. The molecule has 1 fully saturated rings. The van der Waals surface area contributed by atoms with Crippen molar-refractivity contribution in [2.24, 2.45) is 7.05 Å². The minimum Gasteiger partial charge on any atom is -0.384 e. The number of methoxy groups -OCH3 is 1. The number of nitrogens with zero attached hydrogens (tertiary/aromatic N) is 3. The number of aryl methyl sites for hydroxylation is 1. The molecule has 1 N–H and O–H groups in total. The maximum atomic E-state index is 11.7. The van der Waals surface area contributed by atoms with Crippen LogP contribution in [0.5, 0.6) is 0 Å². The molecule has 0 aromatic carbocycles. The van der Waals surface area contributed by atoms with Gasteiger partial charge in [0.15, 0.2) is 0 Å². The van der Waals surface area contributed by atoms with E-state index in [0.29, 0.717) is 32.7 Å². The van der Waals surface area contributed by atoms with Gasteiger partial charge < -0.3 is 19.7 Å². The molecule has 1 aliphatic rings. The highest BCUT2D eigenvalue weighted by atomic mass is 16.5. The highest BCUT2D eigenvalue weighted by molar-refractivity contribution is 5.75. The van der Waals surface area contributed by atoms with Crippen LogP contribution in [0.1, 0.15) is 12.8 Å². The summed E-state index contributed by atoms with van der Waals surface area (Å²) in [6.07, 6.45) is 2.81. The number of nitrogens with one attached hydrogen (secondary N) is 1. The molecule has 1 aliphatic heterocycles. The van der Waals surface area contributed by atoms with Gasteiger partial charge in [0.2, 0.25) is 5.91 Å². The molecular formula is C15H24N4O4. The molecule has 1 amide bonds. The molecule has 8 nitrogen and oxygen atoms in total. The topological polar surface area (TPSA) is 85.7 Å². The molecular weight excluding hydrogens is 300 g/mol. The maximum absolute atomic E-state index is 11.7. The van der Waals surface area contributed by atoms with Crippen LogP contribution in [0.25, 0.3) is 0 Å². The van der Waals surface area contributed by atoms with E-state index in [1.807, 2.05) is 0 Å². The van der Waals surface area contributed by atoms with Crippen molar-refractivity contribution in [3.05, 3.63) is 22.6 Å². The molecule has 2 heterocycles. The third kappa shape index (κ3) is 5.33. The van der Waals surface area contributed by atoms with Gasteiger partial charge in [-0.25, -0.2) is 4.68 Å². The fourth-order valence-corrected chi connectivity index (χ4v) is 2.42. The second kappa shape index (κ2) is 8.64. The van der Waals surface area contributed by atoms with Gasteiger partial charge in [-0.15, -0.1) is 0 Å². The minimum atomic E-state index is -0.129. The molecule has 8 heteroatoms. The van der Waals surface area contributed by atoms with Crippen LogP contribution >= 0.6 is 0 Å². The Morgan fingerprint density at radius 3 is 3.13 bits per heavy atom.